The molecule has 2 heterocycles. The standard InChI is InChI=1S/C15H15N5.C9H17N.C3H6F2/c1-9-5-10(3-4-13(9)20-17-2)11-7-18-14-6-15(16)19-8-12(11)14;1-4-8(2)10-9(3)6-5-7-9;1-2-3(4)5/h3-8,18H,1-2H3,(H2,16,19);10H,2,4-7H2,1,3H3;3H,2H2,1H3. The summed E-state index contributed by atoms with van der Waals surface area (Å²) in [5.41, 5.74) is 12.5. The molecular weight excluding hydrogens is 446 g/mol. The van der Waals surface area contributed by atoms with Crippen molar-refractivity contribution in [2.24, 2.45) is 10.2 Å². The minimum absolute atomic E-state index is 0.0278. The highest BCUT2D eigenvalue weighted by Crippen LogP contribution is 2.32. The van der Waals surface area contributed by atoms with E-state index in [0.29, 0.717) is 11.4 Å². The van der Waals surface area contributed by atoms with E-state index >= 15 is 0 Å². The molecule has 1 aromatic carbocycles. The molecule has 1 saturated carbocycles. The Kier molecular flexibility index (Phi) is 10.4. The second-order valence-electron chi connectivity index (χ2n) is 8.95. The first kappa shape index (κ1) is 28.0. The van der Waals surface area contributed by atoms with Crippen molar-refractivity contribution in [1.29, 1.82) is 0 Å². The van der Waals surface area contributed by atoms with Gasteiger partial charge in [0.1, 0.15) is 5.82 Å². The lowest BCUT2D eigenvalue weighted by atomic mass is 9.78. The van der Waals surface area contributed by atoms with E-state index in [1.165, 1.54) is 31.9 Å². The number of hydrogen-bond donors (Lipinski definition) is 3. The first-order valence-corrected chi connectivity index (χ1v) is 12.0. The highest BCUT2D eigenvalue weighted by atomic mass is 19.3. The molecule has 1 fully saturated rings. The van der Waals surface area contributed by atoms with Crippen LogP contribution in [0.5, 0.6) is 0 Å². The number of nitrogens with one attached hydrogen (secondary N) is 2. The SMILES string of the molecule is C=C(CC)NC1(C)CCC1.CCC(F)F.CN=Nc1ccc(-c2c[nH]c3cc(N)ncc23)cc1C. The Balaban J connectivity index is 0.000000240. The van der Waals surface area contributed by atoms with Gasteiger partial charge >= 0.3 is 0 Å². The van der Waals surface area contributed by atoms with E-state index in [1.807, 2.05) is 31.3 Å². The first-order valence-electron chi connectivity index (χ1n) is 12.0. The van der Waals surface area contributed by atoms with Crippen LogP contribution < -0.4 is 11.1 Å². The number of aryl methyl sites for hydroxylation is 1. The van der Waals surface area contributed by atoms with Crippen LogP contribution in [0.2, 0.25) is 0 Å². The van der Waals surface area contributed by atoms with E-state index in [1.54, 1.807) is 13.2 Å². The number of hydrogen-bond acceptors (Lipinski definition) is 5. The summed E-state index contributed by atoms with van der Waals surface area (Å²) in [4.78, 5) is 7.38. The predicted molar refractivity (Wildman–Crippen MR) is 142 cm³/mol. The van der Waals surface area contributed by atoms with Crippen LogP contribution in [0.4, 0.5) is 20.3 Å². The zero-order valence-electron chi connectivity index (χ0n) is 21.5. The number of anilines is 1. The van der Waals surface area contributed by atoms with Gasteiger partial charge in [-0.3, -0.25) is 0 Å². The number of H-pyrrole nitrogens is 1. The molecule has 0 unspecified atom stereocenters. The van der Waals surface area contributed by atoms with E-state index in [9.17, 15) is 8.78 Å². The summed E-state index contributed by atoms with van der Waals surface area (Å²) in [5, 5.41) is 12.4. The minimum Gasteiger partial charge on any atom is -0.384 e. The van der Waals surface area contributed by atoms with Crippen LogP contribution in [0.3, 0.4) is 0 Å². The monoisotopic (exact) mass is 484 g/mol. The second kappa shape index (κ2) is 13.0. The Morgan fingerprint density at radius 3 is 2.49 bits per heavy atom. The fourth-order valence-corrected chi connectivity index (χ4v) is 3.66. The van der Waals surface area contributed by atoms with Crippen molar-refractivity contribution in [3.05, 3.63) is 54.5 Å². The maximum absolute atomic E-state index is 10.8. The van der Waals surface area contributed by atoms with Crippen molar-refractivity contribution in [1.82, 2.24) is 15.3 Å². The molecule has 1 aliphatic rings. The van der Waals surface area contributed by atoms with Crippen molar-refractivity contribution in [3.8, 4) is 11.1 Å². The number of allylic oxidation sites excluding steroid dienone is 1. The lowest BCUT2D eigenvalue weighted by Crippen LogP contribution is -2.47. The summed E-state index contributed by atoms with van der Waals surface area (Å²) in [6.45, 7) is 11.8. The van der Waals surface area contributed by atoms with Crippen LogP contribution in [-0.2, 0) is 0 Å². The number of azo groups is 1. The summed E-state index contributed by atoms with van der Waals surface area (Å²) >= 11 is 0. The normalized spacial score (nSPS) is 14.1. The molecule has 4 N–H and O–H groups in total. The van der Waals surface area contributed by atoms with Crippen LogP contribution >= 0.6 is 0 Å². The maximum Gasteiger partial charge on any atom is 0.238 e. The van der Waals surface area contributed by atoms with Gasteiger partial charge in [0.25, 0.3) is 0 Å². The molecule has 0 saturated heterocycles. The lowest BCUT2D eigenvalue weighted by molar-refractivity contribution is 0.144. The summed E-state index contributed by atoms with van der Waals surface area (Å²) in [5.74, 6) is 0.515. The van der Waals surface area contributed by atoms with Crippen molar-refractivity contribution >= 4 is 22.4 Å². The molecule has 190 valence electrons. The second-order valence-corrected chi connectivity index (χ2v) is 8.95. The number of nitrogen functional groups attached to an aromatic ring is 1. The lowest BCUT2D eigenvalue weighted by Gasteiger charge is -2.40. The molecule has 8 heteroatoms. The fraction of sp³-hybridized carbons (Fsp3) is 0.444. The van der Waals surface area contributed by atoms with Crippen LogP contribution in [0.25, 0.3) is 22.0 Å². The molecule has 3 aromatic rings. The third-order valence-electron chi connectivity index (χ3n) is 5.97. The van der Waals surface area contributed by atoms with Gasteiger partial charge in [-0.1, -0.05) is 26.5 Å². The molecule has 0 amide bonds. The Bertz CT molecular complexity index is 1130. The van der Waals surface area contributed by atoms with Gasteiger partial charge in [-0.2, -0.15) is 10.2 Å². The van der Waals surface area contributed by atoms with Crippen molar-refractivity contribution in [3.63, 3.8) is 0 Å². The minimum atomic E-state index is -2.12. The predicted octanol–water partition coefficient (Wildman–Crippen LogP) is 7.94. The largest absolute Gasteiger partial charge is 0.384 e. The average molecular weight is 485 g/mol. The molecule has 0 spiro atoms. The summed E-state index contributed by atoms with van der Waals surface area (Å²) in [7, 11) is 1.67. The Morgan fingerprint density at radius 1 is 1.29 bits per heavy atom. The number of alkyl halides is 2. The highest BCUT2D eigenvalue weighted by molar-refractivity contribution is 5.96. The number of rotatable bonds is 6. The fourth-order valence-electron chi connectivity index (χ4n) is 3.66. The molecule has 0 bridgehead atoms. The van der Waals surface area contributed by atoms with Crippen LogP contribution in [0.1, 0.15) is 58.4 Å². The Hall–Kier alpha value is -3.29. The van der Waals surface area contributed by atoms with Gasteiger partial charge in [0, 0.05) is 54.1 Å². The maximum atomic E-state index is 10.8. The van der Waals surface area contributed by atoms with Gasteiger partial charge in [-0.15, -0.1) is 0 Å². The number of halogens is 2. The van der Waals surface area contributed by atoms with Crippen LogP contribution in [0, 0.1) is 6.92 Å². The Morgan fingerprint density at radius 2 is 1.97 bits per heavy atom. The third kappa shape index (κ3) is 8.16. The van der Waals surface area contributed by atoms with E-state index in [2.05, 4.69) is 52.0 Å². The number of nitrogens with zero attached hydrogens (tertiary/aromatic N) is 3. The molecule has 35 heavy (non-hydrogen) atoms. The van der Waals surface area contributed by atoms with Crippen molar-refractivity contribution in [2.45, 2.75) is 71.8 Å². The van der Waals surface area contributed by atoms with Gasteiger partial charge < -0.3 is 16.0 Å². The van der Waals surface area contributed by atoms with Gasteiger partial charge in [-0.05, 0) is 62.8 Å². The smallest absolute Gasteiger partial charge is 0.238 e. The van der Waals surface area contributed by atoms with E-state index in [-0.39, 0.29) is 6.42 Å². The average Bonchev–Trinajstić information content (AvgIpc) is 3.23. The topological polar surface area (TPSA) is 91.5 Å². The van der Waals surface area contributed by atoms with E-state index in [4.69, 9.17) is 5.73 Å². The molecular formula is C27H38F2N6. The molecule has 0 radical (unpaired) electrons. The number of pyridine rings is 1. The van der Waals surface area contributed by atoms with Crippen molar-refractivity contribution < 1.29 is 8.78 Å². The molecule has 2 aromatic heterocycles. The molecule has 4 rings (SSSR count). The quantitative estimate of drug-likeness (QED) is 0.310. The summed E-state index contributed by atoms with van der Waals surface area (Å²) in [6, 6.07) is 7.95. The van der Waals surface area contributed by atoms with Crippen LogP contribution in [-0.4, -0.2) is 29.0 Å². The third-order valence-corrected chi connectivity index (χ3v) is 5.97. The number of benzene rings is 1. The number of nitrogens with two attached hydrogens (primary N) is 1. The molecule has 0 aliphatic heterocycles. The van der Waals surface area contributed by atoms with E-state index < -0.39 is 6.43 Å². The van der Waals surface area contributed by atoms with E-state index in [0.717, 1.165) is 39.7 Å². The van der Waals surface area contributed by atoms with Gasteiger partial charge in [0.15, 0.2) is 0 Å². The van der Waals surface area contributed by atoms with Crippen molar-refractivity contribution in [2.75, 3.05) is 12.8 Å². The number of fused-ring (bicyclic) bond motifs is 1. The highest BCUT2D eigenvalue weighted by Gasteiger charge is 2.31. The molecule has 0 atom stereocenters. The van der Waals surface area contributed by atoms with Crippen LogP contribution in [0.15, 0.2) is 59.2 Å². The van der Waals surface area contributed by atoms with Gasteiger partial charge in [0.05, 0.1) is 11.2 Å². The summed E-state index contributed by atoms with van der Waals surface area (Å²) < 4.78 is 21.5. The van der Waals surface area contributed by atoms with Gasteiger partial charge in [-0.25, -0.2) is 13.8 Å². The summed E-state index contributed by atoms with van der Waals surface area (Å²) in [6.07, 6.45) is 6.68. The molecule has 1 aliphatic carbocycles. The molecule has 6 nitrogen and oxygen atoms in total. The Labute approximate surface area is 207 Å². The number of aromatic nitrogens is 2. The zero-order valence-corrected chi connectivity index (χ0v) is 21.5. The zero-order chi connectivity index (χ0) is 26.0. The van der Waals surface area contributed by atoms with Gasteiger partial charge in [0.2, 0.25) is 6.43 Å². The number of aromatic amines is 1. The first-order chi connectivity index (χ1) is 16.6.